The maximum atomic E-state index is 12.5. The number of aromatic nitrogens is 2. The third-order valence-electron chi connectivity index (χ3n) is 5.50. The maximum Gasteiger partial charge on any atom is 0.356 e. The number of carbonyl (C=O) groups excluding carboxylic acids is 2. The molecule has 0 aromatic carbocycles. The van der Waals surface area contributed by atoms with E-state index in [0.29, 0.717) is 38.5 Å². The molecule has 2 heterocycles. The Kier molecular flexibility index (Phi) is 6.36. The van der Waals surface area contributed by atoms with Gasteiger partial charge in [0.05, 0.1) is 12.4 Å². The highest BCUT2D eigenvalue weighted by Crippen LogP contribution is 2.27. The number of hydrogen-bond acceptors (Lipinski definition) is 5. The molecule has 1 saturated heterocycles. The van der Waals surface area contributed by atoms with E-state index in [1.54, 1.807) is 4.90 Å². The normalized spacial score (nSPS) is 18.4. The van der Waals surface area contributed by atoms with Crippen molar-refractivity contribution < 1.29 is 19.5 Å². The van der Waals surface area contributed by atoms with E-state index >= 15 is 0 Å². The first-order valence-corrected chi connectivity index (χ1v) is 9.67. The summed E-state index contributed by atoms with van der Waals surface area (Å²) >= 11 is 0. The van der Waals surface area contributed by atoms with E-state index in [9.17, 15) is 14.4 Å². The molecule has 27 heavy (non-hydrogen) atoms. The first kappa shape index (κ1) is 19.3. The number of amides is 2. The molecule has 2 aliphatic rings. The van der Waals surface area contributed by atoms with Gasteiger partial charge in [-0.1, -0.05) is 32.1 Å². The molecule has 1 aromatic heterocycles. The van der Waals surface area contributed by atoms with E-state index in [0.717, 1.165) is 12.6 Å². The van der Waals surface area contributed by atoms with Crippen LogP contribution in [0.1, 0.15) is 65.9 Å². The van der Waals surface area contributed by atoms with Gasteiger partial charge in [-0.3, -0.25) is 9.59 Å². The number of rotatable bonds is 5. The van der Waals surface area contributed by atoms with Crippen LogP contribution in [0.4, 0.5) is 0 Å². The van der Waals surface area contributed by atoms with Crippen molar-refractivity contribution in [1.29, 1.82) is 0 Å². The van der Waals surface area contributed by atoms with Gasteiger partial charge >= 0.3 is 5.97 Å². The molecule has 2 amide bonds. The van der Waals surface area contributed by atoms with E-state index in [1.807, 2.05) is 4.90 Å². The molecule has 3 rings (SSSR count). The molecular formula is C19H26N4O4. The molecular weight excluding hydrogens is 348 g/mol. The number of aromatic carboxylic acids is 1. The Morgan fingerprint density at radius 1 is 0.926 bits per heavy atom. The quantitative estimate of drug-likeness (QED) is 0.843. The van der Waals surface area contributed by atoms with Gasteiger partial charge < -0.3 is 14.9 Å². The molecule has 8 nitrogen and oxygen atoms in total. The van der Waals surface area contributed by atoms with Gasteiger partial charge in [-0.2, -0.15) is 0 Å². The van der Waals surface area contributed by atoms with Crippen LogP contribution in [0.15, 0.2) is 12.4 Å². The van der Waals surface area contributed by atoms with Crippen LogP contribution in [0.2, 0.25) is 0 Å². The fourth-order valence-corrected chi connectivity index (χ4v) is 3.83. The molecule has 1 aromatic rings. The second kappa shape index (κ2) is 8.92. The third-order valence-corrected chi connectivity index (χ3v) is 5.50. The van der Waals surface area contributed by atoms with Gasteiger partial charge in [-0.15, -0.1) is 0 Å². The molecule has 1 N–H and O–H groups in total. The zero-order chi connectivity index (χ0) is 19.2. The second-order valence-electron chi connectivity index (χ2n) is 7.31. The highest BCUT2D eigenvalue weighted by Gasteiger charge is 2.26. The molecule has 0 unspecified atom stereocenters. The highest BCUT2D eigenvalue weighted by molar-refractivity contribution is 5.93. The predicted molar refractivity (Wildman–Crippen MR) is 97.3 cm³/mol. The van der Waals surface area contributed by atoms with Crippen molar-refractivity contribution >= 4 is 17.8 Å². The molecule has 0 radical (unpaired) electrons. The summed E-state index contributed by atoms with van der Waals surface area (Å²) in [7, 11) is 0. The molecule has 0 atom stereocenters. The predicted octanol–water partition coefficient (Wildman–Crippen LogP) is 1.82. The lowest BCUT2D eigenvalue weighted by Crippen LogP contribution is -2.50. The molecule has 1 aliphatic carbocycles. The van der Waals surface area contributed by atoms with E-state index in [4.69, 9.17) is 5.11 Å². The lowest BCUT2D eigenvalue weighted by Gasteiger charge is -2.35. The lowest BCUT2D eigenvalue weighted by molar-refractivity contribution is -0.133. The summed E-state index contributed by atoms with van der Waals surface area (Å²) in [6, 6.07) is 0. The largest absolute Gasteiger partial charge is 0.476 e. The molecule has 1 saturated carbocycles. The average Bonchev–Trinajstić information content (AvgIpc) is 2.72. The number of hydrogen-bond donors (Lipinski definition) is 1. The summed E-state index contributed by atoms with van der Waals surface area (Å²) in [6.45, 7) is 1.96. The minimum absolute atomic E-state index is 0.122. The summed E-state index contributed by atoms with van der Waals surface area (Å²) in [6.07, 6.45) is 10.2. The van der Waals surface area contributed by atoms with Crippen LogP contribution in [-0.4, -0.2) is 68.8 Å². The van der Waals surface area contributed by atoms with Crippen molar-refractivity contribution in [3.05, 3.63) is 23.8 Å². The van der Waals surface area contributed by atoms with E-state index in [1.165, 1.54) is 38.3 Å². The van der Waals surface area contributed by atoms with Gasteiger partial charge in [0.15, 0.2) is 5.69 Å². The number of carbonyl (C=O) groups is 3. The number of nitrogens with zero attached hydrogens (tertiary/aromatic N) is 4. The van der Waals surface area contributed by atoms with Crippen LogP contribution >= 0.6 is 0 Å². The van der Waals surface area contributed by atoms with E-state index in [-0.39, 0.29) is 23.2 Å². The first-order valence-electron chi connectivity index (χ1n) is 9.67. The summed E-state index contributed by atoms with van der Waals surface area (Å²) in [5.74, 6) is -0.591. The Morgan fingerprint density at radius 3 is 2.11 bits per heavy atom. The van der Waals surface area contributed by atoms with Crippen molar-refractivity contribution in [2.75, 3.05) is 26.2 Å². The average molecular weight is 374 g/mol. The van der Waals surface area contributed by atoms with Crippen molar-refractivity contribution in [3.8, 4) is 0 Å². The molecule has 0 spiro atoms. The number of piperazine rings is 1. The van der Waals surface area contributed by atoms with Crippen molar-refractivity contribution in [1.82, 2.24) is 19.8 Å². The maximum absolute atomic E-state index is 12.5. The second-order valence-corrected chi connectivity index (χ2v) is 7.31. The Morgan fingerprint density at radius 2 is 1.52 bits per heavy atom. The zero-order valence-electron chi connectivity index (χ0n) is 15.5. The van der Waals surface area contributed by atoms with Crippen LogP contribution in [-0.2, 0) is 4.79 Å². The van der Waals surface area contributed by atoms with Crippen molar-refractivity contribution in [2.24, 2.45) is 5.92 Å². The molecule has 1 aliphatic heterocycles. The highest BCUT2D eigenvalue weighted by atomic mass is 16.4. The molecule has 2 fully saturated rings. The van der Waals surface area contributed by atoms with Crippen LogP contribution < -0.4 is 0 Å². The Balaban J connectivity index is 1.45. The smallest absolute Gasteiger partial charge is 0.356 e. The van der Waals surface area contributed by atoms with Gasteiger partial charge in [0, 0.05) is 32.6 Å². The van der Waals surface area contributed by atoms with Crippen LogP contribution in [0.25, 0.3) is 0 Å². The standard InChI is InChI=1S/C19H26N4O4/c24-17(7-6-14-4-2-1-3-5-14)22-8-10-23(11-9-22)18(25)15-12-21-16(13-20-15)19(26)27/h12-14H,1-11H2,(H,26,27). The van der Waals surface area contributed by atoms with Gasteiger partial charge in [-0.25, -0.2) is 14.8 Å². The molecule has 8 heteroatoms. The SMILES string of the molecule is O=C(O)c1cnc(C(=O)N2CCN(C(=O)CCC3CCCCC3)CC2)cn1. The summed E-state index contributed by atoms with van der Waals surface area (Å²) in [5, 5.41) is 8.84. The van der Waals surface area contributed by atoms with Gasteiger partial charge in [0.2, 0.25) is 5.91 Å². The molecule has 0 bridgehead atoms. The summed E-state index contributed by atoms with van der Waals surface area (Å²) in [4.78, 5) is 46.8. The topological polar surface area (TPSA) is 104 Å². The van der Waals surface area contributed by atoms with Crippen LogP contribution in [0.3, 0.4) is 0 Å². The van der Waals surface area contributed by atoms with Gasteiger partial charge in [0.25, 0.3) is 5.91 Å². The van der Waals surface area contributed by atoms with Crippen molar-refractivity contribution in [2.45, 2.75) is 44.9 Å². The molecule has 146 valence electrons. The number of carboxylic acids is 1. The van der Waals surface area contributed by atoms with E-state index < -0.39 is 5.97 Å². The Bertz CT molecular complexity index is 677. The zero-order valence-corrected chi connectivity index (χ0v) is 15.5. The lowest BCUT2D eigenvalue weighted by atomic mass is 9.86. The Hall–Kier alpha value is -2.51. The Labute approximate surface area is 158 Å². The van der Waals surface area contributed by atoms with Crippen LogP contribution in [0, 0.1) is 5.92 Å². The van der Waals surface area contributed by atoms with E-state index in [2.05, 4.69) is 9.97 Å². The number of carboxylic acid groups (broad SMARTS) is 1. The monoisotopic (exact) mass is 374 g/mol. The van der Waals surface area contributed by atoms with Crippen LogP contribution in [0.5, 0.6) is 0 Å². The summed E-state index contributed by atoms with van der Waals surface area (Å²) < 4.78 is 0. The first-order chi connectivity index (χ1) is 13.0. The minimum atomic E-state index is -1.18. The van der Waals surface area contributed by atoms with Gasteiger partial charge in [-0.05, 0) is 12.3 Å². The van der Waals surface area contributed by atoms with Gasteiger partial charge in [0.1, 0.15) is 5.69 Å². The summed E-state index contributed by atoms with van der Waals surface area (Å²) in [5.41, 5.74) is -0.0722. The van der Waals surface area contributed by atoms with Crippen molar-refractivity contribution in [3.63, 3.8) is 0 Å². The third kappa shape index (κ3) is 5.02. The fraction of sp³-hybridized carbons (Fsp3) is 0.632. The fourth-order valence-electron chi connectivity index (χ4n) is 3.83. The minimum Gasteiger partial charge on any atom is -0.476 e.